The number of nitrogens with zero attached hydrogens (tertiary/aromatic N) is 1. The molecule has 1 atom stereocenters. The van der Waals surface area contributed by atoms with E-state index in [1.807, 2.05) is 0 Å². The van der Waals surface area contributed by atoms with E-state index in [2.05, 4.69) is 9.71 Å². The Balaban J connectivity index is 2.75. The first kappa shape index (κ1) is 13.1. The molecule has 2 N–H and O–H groups in total. The number of nitrogens with one attached hydrogen (secondary N) is 1. The molecule has 0 amide bonds. The standard InChI is InChI=1S/C10H16N2O3S/c1-3-10(2,13)8-12-16(14,15)9-5-4-6-11-7-9/h4-7,12-13H,3,8H2,1-2H3. The van der Waals surface area contributed by atoms with Gasteiger partial charge in [-0.1, -0.05) is 6.92 Å². The van der Waals surface area contributed by atoms with Gasteiger partial charge in [-0.05, 0) is 25.5 Å². The van der Waals surface area contributed by atoms with Gasteiger partial charge < -0.3 is 5.11 Å². The third-order valence-electron chi connectivity index (χ3n) is 2.35. The SMILES string of the molecule is CCC(C)(O)CNS(=O)(=O)c1cccnc1. The number of hydrogen-bond donors (Lipinski definition) is 2. The maximum atomic E-state index is 11.7. The Kier molecular flexibility index (Phi) is 4.01. The van der Waals surface area contributed by atoms with Crippen LogP contribution in [0.3, 0.4) is 0 Å². The van der Waals surface area contributed by atoms with Gasteiger partial charge in [0.25, 0.3) is 0 Å². The normalized spacial score (nSPS) is 15.7. The first-order valence-corrected chi connectivity index (χ1v) is 6.48. The predicted octanol–water partition coefficient (Wildman–Crippen LogP) is 0.521. The maximum absolute atomic E-state index is 11.7. The molecule has 1 heterocycles. The summed E-state index contributed by atoms with van der Waals surface area (Å²) in [5.41, 5.74) is -1.03. The van der Waals surface area contributed by atoms with E-state index in [4.69, 9.17) is 0 Å². The summed E-state index contributed by atoms with van der Waals surface area (Å²) in [6, 6.07) is 3.00. The number of rotatable bonds is 5. The Morgan fingerprint density at radius 1 is 1.56 bits per heavy atom. The van der Waals surface area contributed by atoms with E-state index in [0.29, 0.717) is 6.42 Å². The molecule has 0 saturated carbocycles. The number of aromatic nitrogens is 1. The average molecular weight is 244 g/mol. The number of pyridine rings is 1. The fourth-order valence-electron chi connectivity index (χ4n) is 0.965. The lowest BCUT2D eigenvalue weighted by Gasteiger charge is -2.21. The summed E-state index contributed by atoms with van der Waals surface area (Å²) >= 11 is 0. The lowest BCUT2D eigenvalue weighted by molar-refractivity contribution is 0.0613. The molecule has 6 heteroatoms. The van der Waals surface area contributed by atoms with Crippen LogP contribution in [-0.4, -0.2) is 30.7 Å². The summed E-state index contributed by atoms with van der Waals surface area (Å²) in [5, 5.41) is 9.69. The maximum Gasteiger partial charge on any atom is 0.242 e. The van der Waals surface area contributed by atoms with Gasteiger partial charge in [-0.25, -0.2) is 13.1 Å². The highest BCUT2D eigenvalue weighted by molar-refractivity contribution is 7.89. The fourth-order valence-corrected chi connectivity index (χ4v) is 2.09. The van der Waals surface area contributed by atoms with Crippen molar-refractivity contribution in [1.29, 1.82) is 0 Å². The molecule has 5 nitrogen and oxygen atoms in total. The van der Waals surface area contributed by atoms with E-state index in [1.165, 1.54) is 18.5 Å². The molecule has 0 aliphatic carbocycles. The average Bonchev–Trinajstić information content (AvgIpc) is 2.28. The summed E-state index contributed by atoms with van der Waals surface area (Å²) in [7, 11) is -3.58. The zero-order valence-corrected chi connectivity index (χ0v) is 10.2. The molecular formula is C10H16N2O3S. The van der Waals surface area contributed by atoms with Crippen molar-refractivity contribution in [3.63, 3.8) is 0 Å². The fraction of sp³-hybridized carbons (Fsp3) is 0.500. The molecular weight excluding hydrogens is 228 g/mol. The van der Waals surface area contributed by atoms with Gasteiger partial charge in [0, 0.05) is 18.9 Å². The molecule has 1 aromatic heterocycles. The zero-order valence-electron chi connectivity index (χ0n) is 9.34. The van der Waals surface area contributed by atoms with Gasteiger partial charge in [0.15, 0.2) is 0 Å². The molecule has 16 heavy (non-hydrogen) atoms. The molecule has 0 radical (unpaired) electrons. The van der Waals surface area contributed by atoms with Gasteiger partial charge in [-0.15, -0.1) is 0 Å². The lowest BCUT2D eigenvalue weighted by atomic mass is 10.1. The molecule has 0 spiro atoms. The largest absolute Gasteiger partial charge is 0.389 e. The molecule has 0 aliphatic rings. The molecule has 0 saturated heterocycles. The Morgan fingerprint density at radius 2 is 2.25 bits per heavy atom. The zero-order chi connectivity index (χ0) is 12.2. The van der Waals surface area contributed by atoms with Crippen LogP contribution in [-0.2, 0) is 10.0 Å². The Hall–Kier alpha value is -0.980. The quantitative estimate of drug-likeness (QED) is 0.791. The van der Waals surface area contributed by atoms with Crippen LogP contribution in [0, 0.1) is 0 Å². The van der Waals surface area contributed by atoms with Gasteiger partial charge in [0.2, 0.25) is 10.0 Å². The molecule has 90 valence electrons. The van der Waals surface area contributed by atoms with Crippen LogP contribution in [0.15, 0.2) is 29.4 Å². The van der Waals surface area contributed by atoms with Crippen LogP contribution in [0.25, 0.3) is 0 Å². The van der Waals surface area contributed by atoms with E-state index >= 15 is 0 Å². The molecule has 0 bridgehead atoms. The minimum atomic E-state index is -3.58. The molecule has 1 aromatic rings. The van der Waals surface area contributed by atoms with Crippen molar-refractivity contribution in [3.05, 3.63) is 24.5 Å². The van der Waals surface area contributed by atoms with Crippen LogP contribution in [0.2, 0.25) is 0 Å². The van der Waals surface area contributed by atoms with Crippen molar-refractivity contribution in [3.8, 4) is 0 Å². The first-order chi connectivity index (χ1) is 7.37. The minimum absolute atomic E-state index is 0.0132. The van der Waals surface area contributed by atoms with Crippen molar-refractivity contribution in [2.24, 2.45) is 0 Å². The van der Waals surface area contributed by atoms with Crippen LogP contribution in [0.5, 0.6) is 0 Å². The summed E-state index contributed by atoms with van der Waals surface area (Å²) in [4.78, 5) is 3.83. The highest BCUT2D eigenvalue weighted by Crippen LogP contribution is 2.10. The summed E-state index contributed by atoms with van der Waals surface area (Å²) in [6.45, 7) is 3.36. The molecule has 1 rings (SSSR count). The highest BCUT2D eigenvalue weighted by Gasteiger charge is 2.22. The molecule has 0 aromatic carbocycles. The number of aliphatic hydroxyl groups is 1. The molecule has 0 fully saturated rings. The van der Waals surface area contributed by atoms with Crippen molar-refractivity contribution in [2.75, 3.05) is 6.54 Å². The second kappa shape index (κ2) is 4.90. The third kappa shape index (κ3) is 3.55. The highest BCUT2D eigenvalue weighted by atomic mass is 32.2. The van der Waals surface area contributed by atoms with Crippen molar-refractivity contribution < 1.29 is 13.5 Å². The van der Waals surface area contributed by atoms with Crippen molar-refractivity contribution in [2.45, 2.75) is 30.8 Å². The monoisotopic (exact) mass is 244 g/mol. The van der Waals surface area contributed by atoms with Crippen molar-refractivity contribution >= 4 is 10.0 Å². The van der Waals surface area contributed by atoms with Gasteiger partial charge in [-0.2, -0.15) is 0 Å². The summed E-state index contributed by atoms with van der Waals surface area (Å²) < 4.78 is 25.8. The number of hydrogen-bond acceptors (Lipinski definition) is 4. The predicted molar refractivity (Wildman–Crippen MR) is 60.3 cm³/mol. The van der Waals surface area contributed by atoms with Crippen LogP contribution >= 0.6 is 0 Å². The second-order valence-corrected chi connectivity index (χ2v) is 5.63. The smallest absolute Gasteiger partial charge is 0.242 e. The van der Waals surface area contributed by atoms with Crippen LogP contribution in [0.1, 0.15) is 20.3 Å². The van der Waals surface area contributed by atoms with E-state index in [-0.39, 0.29) is 11.4 Å². The summed E-state index contributed by atoms with van der Waals surface area (Å²) in [6.07, 6.45) is 3.24. The second-order valence-electron chi connectivity index (χ2n) is 3.86. The van der Waals surface area contributed by atoms with E-state index in [0.717, 1.165) is 0 Å². The van der Waals surface area contributed by atoms with Crippen LogP contribution in [0.4, 0.5) is 0 Å². The van der Waals surface area contributed by atoms with Gasteiger partial charge in [0.1, 0.15) is 4.90 Å². The minimum Gasteiger partial charge on any atom is -0.389 e. The Bertz CT molecular complexity index is 429. The van der Waals surface area contributed by atoms with E-state index in [1.54, 1.807) is 19.9 Å². The first-order valence-electron chi connectivity index (χ1n) is 4.99. The summed E-state index contributed by atoms with van der Waals surface area (Å²) in [5.74, 6) is 0. The third-order valence-corrected chi connectivity index (χ3v) is 3.74. The molecule has 1 unspecified atom stereocenters. The van der Waals surface area contributed by atoms with Crippen LogP contribution < -0.4 is 4.72 Å². The van der Waals surface area contributed by atoms with Gasteiger partial charge in [0.05, 0.1) is 5.60 Å². The molecule has 0 aliphatic heterocycles. The topological polar surface area (TPSA) is 79.3 Å². The van der Waals surface area contributed by atoms with Crippen molar-refractivity contribution in [1.82, 2.24) is 9.71 Å². The van der Waals surface area contributed by atoms with Gasteiger partial charge >= 0.3 is 0 Å². The lowest BCUT2D eigenvalue weighted by Crippen LogP contribution is -2.40. The number of sulfonamides is 1. The van der Waals surface area contributed by atoms with E-state index < -0.39 is 15.6 Å². The van der Waals surface area contributed by atoms with E-state index in [9.17, 15) is 13.5 Å². The van der Waals surface area contributed by atoms with Gasteiger partial charge in [-0.3, -0.25) is 4.98 Å². The Labute approximate surface area is 95.6 Å². The Morgan fingerprint density at radius 3 is 2.75 bits per heavy atom.